The minimum atomic E-state index is -0.225. The number of nitrogens with zero attached hydrogens (tertiary/aromatic N) is 3. The number of carbonyl (C=O) groups excluding carboxylic acids is 1. The van der Waals surface area contributed by atoms with E-state index < -0.39 is 0 Å². The molecule has 0 aliphatic heterocycles. The zero-order valence-corrected chi connectivity index (χ0v) is 21.2. The van der Waals surface area contributed by atoms with Gasteiger partial charge >= 0.3 is 0 Å². The van der Waals surface area contributed by atoms with Gasteiger partial charge < -0.3 is 9.88 Å². The summed E-state index contributed by atoms with van der Waals surface area (Å²) in [7, 11) is 0. The average Bonchev–Trinajstić information content (AvgIpc) is 3.33. The molecule has 1 aromatic heterocycles. The van der Waals surface area contributed by atoms with Gasteiger partial charge in [0.25, 0.3) is 0 Å². The lowest BCUT2D eigenvalue weighted by Gasteiger charge is -2.37. The van der Waals surface area contributed by atoms with Crippen molar-refractivity contribution in [1.82, 2.24) is 9.55 Å². The van der Waals surface area contributed by atoms with E-state index in [0.717, 1.165) is 24.0 Å². The highest BCUT2D eigenvalue weighted by atomic mass is 16.1. The van der Waals surface area contributed by atoms with E-state index in [2.05, 4.69) is 60.8 Å². The molecule has 1 atom stereocenters. The van der Waals surface area contributed by atoms with Crippen molar-refractivity contribution in [2.45, 2.75) is 53.5 Å². The zero-order chi connectivity index (χ0) is 25.4. The highest BCUT2D eigenvalue weighted by Crippen LogP contribution is 2.45. The number of anilines is 1. The van der Waals surface area contributed by atoms with E-state index in [1.54, 1.807) is 30.3 Å². The van der Waals surface area contributed by atoms with Crippen LogP contribution in [0.4, 0.5) is 5.69 Å². The molecule has 5 nitrogen and oxygen atoms in total. The quantitative estimate of drug-likeness (QED) is 0.350. The van der Waals surface area contributed by atoms with Crippen LogP contribution in [0.25, 0.3) is 0 Å². The van der Waals surface area contributed by atoms with Crippen LogP contribution in [0.3, 0.4) is 0 Å². The van der Waals surface area contributed by atoms with Crippen LogP contribution in [-0.4, -0.2) is 15.5 Å². The molecule has 5 heteroatoms. The Morgan fingerprint density at radius 2 is 2.06 bits per heavy atom. The molecule has 0 saturated carbocycles. The number of allylic oxidation sites excluding steroid dienone is 9. The van der Waals surface area contributed by atoms with Crippen LogP contribution < -0.4 is 5.32 Å². The Kier molecular flexibility index (Phi) is 8.43. The van der Waals surface area contributed by atoms with E-state index in [9.17, 15) is 4.79 Å². The SMILES string of the molecule is CC1=C(/C=C/C(C)=C/C=C/C(C)=C/C(=O)Nc2cccc(C#N)c2)C(C)(C)CCC1n1ccnc1. The lowest BCUT2D eigenvalue weighted by molar-refractivity contribution is -0.111. The molecule has 0 fully saturated rings. The zero-order valence-electron chi connectivity index (χ0n) is 21.2. The summed E-state index contributed by atoms with van der Waals surface area (Å²) in [6, 6.07) is 9.29. The van der Waals surface area contributed by atoms with E-state index in [0.29, 0.717) is 17.3 Å². The van der Waals surface area contributed by atoms with Crippen LogP contribution in [0.5, 0.6) is 0 Å². The van der Waals surface area contributed by atoms with Crippen molar-refractivity contribution in [2.24, 2.45) is 5.41 Å². The fourth-order valence-electron chi connectivity index (χ4n) is 4.47. The first-order chi connectivity index (χ1) is 16.7. The minimum Gasteiger partial charge on any atom is -0.330 e. The summed E-state index contributed by atoms with van der Waals surface area (Å²) in [4.78, 5) is 16.5. The number of benzene rings is 1. The smallest absolute Gasteiger partial charge is 0.248 e. The molecule has 0 bridgehead atoms. The molecule has 1 N–H and O–H groups in total. The van der Waals surface area contributed by atoms with Crippen molar-refractivity contribution in [3.8, 4) is 6.07 Å². The summed E-state index contributed by atoms with van der Waals surface area (Å²) in [5.74, 6) is -0.225. The maximum Gasteiger partial charge on any atom is 0.248 e. The third-order valence-corrected chi connectivity index (χ3v) is 6.43. The minimum absolute atomic E-state index is 0.132. The first kappa shape index (κ1) is 25.7. The third-order valence-electron chi connectivity index (χ3n) is 6.43. The number of hydrogen-bond acceptors (Lipinski definition) is 3. The molecular weight excluding hydrogens is 432 g/mol. The molecule has 180 valence electrons. The van der Waals surface area contributed by atoms with Crippen LogP contribution in [0, 0.1) is 16.7 Å². The van der Waals surface area contributed by atoms with Crippen LogP contribution in [0.1, 0.15) is 59.1 Å². The number of imidazole rings is 1. The summed E-state index contributed by atoms with van der Waals surface area (Å²) in [5, 5.41) is 11.8. The van der Waals surface area contributed by atoms with Gasteiger partial charge in [-0.2, -0.15) is 5.26 Å². The molecule has 1 heterocycles. The Balaban J connectivity index is 1.66. The van der Waals surface area contributed by atoms with Crippen molar-refractivity contribution in [2.75, 3.05) is 5.32 Å². The van der Waals surface area contributed by atoms with Gasteiger partial charge in [0.15, 0.2) is 0 Å². The fraction of sp³-hybridized carbons (Fsp3) is 0.300. The van der Waals surface area contributed by atoms with E-state index in [1.165, 1.54) is 11.1 Å². The molecule has 3 rings (SSSR count). The van der Waals surface area contributed by atoms with Gasteiger partial charge in [-0.05, 0) is 73.9 Å². The Bertz CT molecular complexity index is 1250. The van der Waals surface area contributed by atoms with Gasteiger partial charge in [0.1, 0.15) is 0 Å². The van der Waals surface area contributed by atoms with Gasteiger partial charge in [-0.25, -0.2) is 4.98 Å². The average molecular weight is 467 g/mol. The number of nitrogens with one attached hydrogen (secondary N) is 1. The van der Waals surface area contributed by atoms with Crippen LogP contribution in [0.15, 0.2) is 102 Å². The normalized spacial score (nSPS) is 18.8. The number of rotatable bonds is 7. The van der Waals surface area contributed by atoms with Crippen molar-refractivity contribution in [3.05, 3.63) is 107 Å². The molecule has 1 aromatic carbocycles. The van der Waals surface area contributed by atoms with Crippen LogP contribution in [0.2, 0.25) is 0 Å². The number of amides is 1. The van der Waals surface area contributed by atoms with Crippen molar-refractivity contribution < 1.29 is 4.79 Å². The van der Waals surface area contributed by atoms with Gasteiger partial charge in [-0.15, -0.1) is 0 Å². The molecule has 1 amide bonds. The van der Waals surface area contributed by atoms with E-state index >= 15 is 0 Å². The lowest BCUT2D eigenvalue weighted by Crippen LogP contribution is -2.25. The third kappa shape index (κ3) is 7.04. The summed E-state index contributed by atoms with van der Waals surface area (Å²) in [6.45, 7) is 10.8. The monoisotopic (exact) mass is 466 g/mol. The second-order valence-electron chi connectivity index (χ2n) is 9.72. The predicted octanol–water partition coefficient (Wildman–Crippen LogP) is 7.08. The highest BCUT2D eigenvalue weighted by Gasteiger charge is 2.32. The summed E-state index contributed by atoms with van der Waals surface area (Å²) in [5.41, 5.74) is 5.99. The first-order valence-corrected chi connectivity index (χ1v) is 11.9. The van der Waals surface area contributed by atoms with Gasteiger partial charge in [0.2, 0.25) is 5.91 Å². The number of hydrogen-bond donors (Lipinski definition) is 1. The second-order valence-corrected chi connectivity index (χ2v) is 9.72. The first-order valence-electron chi connectivity index (χ1n) is 11.9. The topological polar surface area (TPSA) is 70.7 Å². The molecular formula is C30H34N4O. The molecule has 0 radical (unpaired) electrons. The maximum atomic E-state index is 12.3. The Hall–Kier alpha value is -3.91. The summed E-state index contributed by atoms with van der Waals surface area (Å²) in [6.07, 6.45) is 19.9. The number of carbonyl (C=O) groups is 1. The van der Waals surface area contributed by atoms with Crippen LogP contribution in [-0.2, 0) is 4.79 Å². The highest BCUT2D eigenvalue weighted by molar-refractivity contribution is 6.00. The van der Waals surface area contributed by atoms with Crippen molar-refractivity contribution in [1.29, 1.82) is 5.26 Å². The molecule has 35 heavy (non-hydrogen) atoms. The molecule has 1 aliphatic rings. The van der Waals surface area contributed by atoms with Crippen LogP contribution >= 0.6 is 0 Å². The Morgan fingerprint density at radius 1 is 1.26 bits per heavy atom. The number of nitriles is 1. The van der Waals surface area contributed by atoms with Gasteiger partial charge in [0, 0.05) is 24.2 Å². The van der Waals surface area contributed by atoms with Gasteiger partial charge in [-0.3, -0.25) is 4.79 Å². The largest absolute Gasteiger partial charge is 0.330 e. The van der Waals surface area contributed by atoms with Gasteiger partial charge in [0.05, 0.1) is 24.0 Å². The number of aromatic nitrogens is 2. The molecule has 1 aliphatic carbocycles. The summed E-state index contributed by atoms with van der Waals surface area (Å²) < 4.78 is 2.20. The van der Waals surface area contributed by atoms with E-state index in [4.69, 9.17) is 5.26 Å². The second kappa shape index (κ2) is 11.5. The van der Waals surface area contributed by atoms with E-state index in [-0.39, 0.29) is 11.3 Å². The molecule has 0 saturated heterocycles. The summed E-state index contributed by atoms with van der Waals surface area (Å²) >= 11 is 0. The standard InChI is InChI=1S/C30H34N4O/c1-22(8-6-9-23(2)18-29(35)33-26-11-7-10-25(19-26)20-31)12-13-27-24(3)28(14-15-30(27,4)5)34-17-16-32-21-34/h6-13,16-19,21,28H,14-15H2,1-5H3,(H,33,35)/b9-6+,13-12+,22-8+,23-18+. The predicted molar refractivity (Wildman–Crippen MR) is 143 cm³/mol. The van der Waals surface area contributed by atoms with Crippen molar-refractivity contribution in [3.63, 3.8) is 0 Å². The lowest BCUT2D eigenvalue weighted by atomic mass is 9.71. The van der Waals surface area contributed by atoms with Gasteiger partial charge in [-0.1, -0.05) is 55.9 Å². The Labute approximate surface area is 208 Å². The van der Waals surface area contributed by atoms with Crippen molar-refractivity contribution >= 4 is 11.6 Å². The molecule has 2 aromatic rings. The van der Waals surface area contributed by atoms with E-state index in [1.807, 2.05) is 43.9 Å². The fourth-order valence-corrected chi connectivity index (χ4v) is 4.47. The maximum absolute atomic E-state index is 12.3. The Morgan fingerprint density at radius 3 is 2.77 bits per heavy atom. The molecule has 0 spiro atoms. The molecule has 1 unspecified atom stereocenters.